The number of amides is 2. The van der Waals surface area contributed by atoms with Gasteiger partial charge in [0.05, 0.1) is 5.75 Å². The van der Waals surface area contributed by atoms with Gasteiger partial charge in [0.25, 0.3) is 0 Å². The number of carbonyl (C=O) groups excluding carboxylic acids is 2. The molecule has 0 radical (unpaired) electrons. The quantitative estimate of drug-likeness (QED) is 0.844. The second kappa shape index (κ2) is 8.22. The van der Waals surface area contributed by atoms with E-state index in [1.807, 2.05) is 36.2 Å². The molecule has 22 heavy (non-hydrogen) atoms. The highest BCUT2D eigenvalue weighted by atomic mass is 32.2. The highest BCUT2D eigenvalue weighted by Crippen LogP contribution is 2.24. The van der Waals surface area contributed by atoms with Gasteiger partial charge < -0.3 is 10.2 Å². The zero-order chi connectivity index (χ0) is 15.9. The van der Waals surface area contributed by atoms with Crippen LogP contribution in [0.1, 0.15) is 39.0 Å². The first-order valence-corrected chi connectivity index (χ1v) is 8.81. The van der Waals surface area contributed by atoms with Gasteiger partial charge in [-0.1, -0.05) is 19.3 Å². The van der Waals surface area contributed by atoms with Gasteiger partial charge in [0.2, 0.25) is 11.8 Å². The molecule has 0 aromatic heterocycles. The first-order chi connectivity index (χ1) is 10.6. The van der Waals surface area contributed by atoms with Crippen LogP contribution in [0.2, 0.25) is 0 Å². The van der Waals surface area contributed by atoms with Crippen LogP contribution in [-0.2, 0) is 9.59 Å². The normalized spacial score (nSPS) is 15.4. The van der Waals surface area contributed by atoms with Crippen LogP contribution in [0.4, 0.5) is 5.69 Å². The van der Waals surface area contributed by atoms with Crippen molar-refractivity contribution in [2.45, 2.75) is 50.0 Å². The van der Waals surface area contributed by atoms with E-state index in [4.69, 9.17) is 0 Å². The molecule has 0 unspecified atom stereocenters. The summed E-state index contributed by atoms with van der Waals surface area (Å²) in [4.78, 5) is 26.2. The molecule has 1 fully saturated rings. The lowest BCUT2D eigenvalue weighted by Crippen LogP contribution is -2.39. The van der Waals surface area contributed by atoms with Crippen LogP contribution in [0.5, 0.6) is 0 Å². The third kappa shape index (κ3) is 5.05. The van der Waals surface area contributed by atoms with Crippen LogP contribution in [0.3, 0.4) is 0 Å². The Hall–Kier alpha value is -1.49. The Bertz CT molecular complexity index is 510. The molecule has 120 valence electrons. The van der Waals surface area contributed by atoms with Crippen molar-refractivity contribution in [2.75, 3.05) is 18.1 Å². The van der Waals surface area contributed by atoms with Gasteiger partial charge in [0.15, 0.2) is 0 Å². The van der Waals surface area contributed by atoms with E-state index < -0.39 is 0 Å². The van der Waals surface area contributed by atoms with Gasteiger partial charge in [0, 0.05) is 30.6 Å². The van der Waals surface area contributed by atoms with Crippen molar-refractivity contribution >= 4 is 29.3 Å². The van der Waals surface area contributed by atoms with Crippen molar-refractivity contribution in [3.63, 3.8) is 0 Å². The number of hydrogen-bond donors (Lipinski definition) is 1. The standard InChI is InChI=1S/C17H24N2O2S/c1-13(20)18-14-8-10-16(11-9-14)22-12-17(21)19(2)15-6-4-3-5-7-15/h8-11,15H,3-7,12H2,1-2H3,(H,18,20). The average Bonchev–Trinajstić information content (AvgIpc) is 2.53. The number of thioether (sulfide) groups is 1. The van der Waals surface area contributed by atoms with E-state index in [-0.39, 0.29) is 11.8 Å². The molecular formula is C17H24N2O2S. The number of benzene rings is 1. The van der Waals surface area contributed by atoms with E-state index in [1.54, 1.807) is 11.8 Å². The maximum Gasteiger partial charge on any atom is 0.232 e. The molecule has 0 spiro atoms. The maximum atomic E-state index is 12.3. The van der Waals surface area contributed by atoms with E-state index in [0.717, 1.165) is 23.4 Å². The molecule has 0 heterocycles. The van der Waals surface area contributed by atoms with E-state index in [2.05, 4.69) is 5.32 Å². The maximum absolute atomic E-state index is 12.3. The number of hydrogen-bond acceptors (Lipinski definition) is 3. The Kier molecular flexibility index (Phi) is 6.31. The fourth-order valence-electron chi connectivity index (χ4n) is 2.76. The first-order valence-electron chi connectivity index (χ1n) is 7.82. The summed E-state index contributed by atoms with van der Waals surface area (Å²) in [6.07, 6.45) is 6.05. The van der Waals surface area contributed by atoms with Crippen molar-refractivity contribution in [3.8, 4) is 0 Å². The molecule has 1 aliphatic carbocycles. The van der Waals surface area contributed by atoms with Gasteiger partial charge in [-0.25, -0.2) is 0 Å². The van der Waals surface area contributed by atoms with Crippen LogP contribution < -0.4 is 5.32 Å². The minimum absolute atomic E-state index is 0.0790. The molecule has 1 N–H and O–H groups in total. The van der Waals surface area contributed by atoms with Crippen LogP contribution >= 0.6 is 11.8 Å². The first kappa shape index (κ1) is 16.9. The van der Waals surface area contributed by atoms with Crippen LogP contribution in [-0.4, -0.2) is 35.6 Å². The summed E-state index contributed by atoms with van der Waals surface area (Å²) in [6.45, 7) is 1.49. The predicted octanol–water partition coefficient (Wildman–Crippen LogP) is 3.53. The van der Waals surface area contributed by atoms with Crippen molar-refractivity contribution < 1.29 is 9.59 Å². The smallest absolute Gasteiger partial charge is 0.232 e. The number of nitrogens with one attached hydrogen (secondary N) is 1. The molecule has 4 nitrogen and oxygen atoms in total. The summed E-state index contributed by atoms with van der Waals surface area (Å²) < 4.78 is 0. The highest BCUT2D eigenvalue weighted by molar-refractivity contribution is 8.00. The van der Waals surface area contributed by atoms with Gasteiger partial charge >= 0.3 is 0 Å². The molecule has 1 aromatic rings. The summed E-state index contributed by atoms with van der Waals surface area (Å²) in [5, 5.41) is 2.73. The number of nitrogens with zero attached hydrogens (tertiary/aromatic N) is 1. The fraction of sp³-hybridized carbons (Fsp3) is 0.529. The van der Waals surface area contributed by atoms with Crippen LogP contribution in [0.15, 0.2) is 29.2 Å². The molecule has 2 rings (SSSR count). The number of rotatable bonds is 5. The molecular weight excluding hydrogens is 296 g/mol. The van der Waals surface area contributed by atoms with Crippen LogP contribution in [0.25, 0.3) is 0 Å². The Balaban J connectivity index is 1.81. The second-order valence-electron chi connectivity index (χ2n) is 5.79. The number of anilines is 1. The topological polar surface area (TPSA) is 49.4 Å². The van der Waals surface area contributed by atoms with Crippen molar-refractivity contribution in [2.24, 2.45) is 0 Å². The molecule has 0 aliphatic heterocycles. The summed E-state index contributed by atoms with van der Waals surface area (Å²) in [5.74, 6) is 0.583. The average molecular weight is 320 g/mol. The van der Waals surface area contributed by atoms with Crippen molar-refractivity contribution in [3.05, 3.63) is 24.3 Å². The van der Waals surface area contributed by atoms with E-state index in [1.165, 1.54) is 26.2 Å². The predicted molar refractivity (Wildman–Crippen MR) is 91.1 cm³/mol. The molecule has 1 aromatic carbocycles. The minimum Gasteiger partial charge on any atom is -0.342 e. The van der Waals surface area contributed by atoms with Crippen molar-refractivity contribution in [1.29, 1.82) is 0 Å². The molecule has 0 atom stereocenters. The Morgan fingerprint density at radius 2 is 1.82 bits per heavy atom. The Morgan fingerprint density at radius 3 is 2.41 bits per heavy atom. The minimum atomic E-state index is -0.0790. The molecule has 0 bridgehead atoms. The van der Waals surface area contributed by atoms with Crippen molar-refractivity contribution in [1.82, 2.24) is 4.90 Å². The summed E-state index contributed by atoms with van der Waals surface area (Å²) in [7, 11) is 1.93. The molecule has 1 saturated carbocycles. The Morgan fingerprint density at radius 1 is 1.18 bits per heavy atom. The zero-order valence-electron chi connectivity index (χ0n) is 13.3. The Labute approximate surface area is 136 Å². The summed E-state index contributed by atoms with van der Waals surface area (Å²) in [6, 6.07) is 8.01. The summed E-state index contributed by atoms with van der Waals surface area (Å²) >= 11 is 1.54. The second-order valence-corrected chi connectivity index (χ2v) is 6.84. The largest absolute Gasteiger partial charge is 0.342 e. The zero-order valence-corrected chi connectivity index (χ0v) is 14.1. The van der Waals surface area contributed by atoms with E-state index in [9.17, 15) is 9.59 Å². The number of carbonyl (C=O) groups is 2. The van der Waals surface area contributed by atoms with E-state index >= 15 is 0 Å². The lowest BCUT2D eigenvalue weighted by molar-refractivity contribution is -0.129. The van der Waals surface area contributed by atoms with Gasteiger partial charge in [-0.2, -0.15) is 0 Å². The SMILES string of the molecule is CC(=O)Nc1ccc(SCC(=O)N(C)C2CCCCC2)cc1. The highest BCUT2D eigenvalue weighted by Gasteiger charge is 2.21. The van der Waals surface area contributed by atoms with Crippen LogP contribution in [0, 0.1) is 0 Å². The molecule has 5 heteroatoms. The van der Waals surface area contributed by atoms with E-state index in [0.29, 0.717) is 11.8 Å². The fourth-order valence-corrected chi connectivity index (χ4v) is 3.58. The van der Waals surface area contributed by atoms with Gasteiger partial charge in [-0.05, 0) is 37.1 Å². The van der Waals surface area contributed by atoms with Gasteiger partial charge in [-0.15, -0.1) is 11.8 Å². The molecule has 2 amide bonds. The lowest BCUT2D eigenvalue weighted by atomic mass is 9.94. The van der Waals surface area contributed by atoms with Gasteiger partial charge in [-0.3, -0.25) is 9.59 Å². The monoisotopic (exact) mass is 320 g/mol. The van der Waals surface area contributed by atoms with Gasteiger partial charge in [0.1, 0.15) is 0 Å². The molecule has 1 aliphatic rings. The molecule has 0 saturated heterocycles. The lowest BCUT2D eigenvalue weighted by Gasteiger charge is -2.31. The third-order valence-electron chi connectivity index (χ3n) is 4.05. The summed E-state index contributed by atoms with van der Waals surface area (Å²) in [5.41, 5.74) is 0.780. The third-order valence-corrected chi connectivity index (χ3v) is 5.05.